The van der Waals surface area contributed by atoms with Crippen molar-refractivity contribution in [3.05, 3.63) is 64.9 Å². The summed E-state index contributed by atoms with van der Waals surface area (Å²) in [6.45, 7) is 0.792. The molecule has 1 atom stereocenters. The van der Waals surface area contributed by atoms with Gasteiger partial charge in [-0.1, -0.05) is 41.9 Å². The van der Waals surface area contributed by atoms with E-state index in [9.17, 15) is 17.6 Å². The van der Waals surface area contributed by atoms with Gasteiger partial charge >= 0.3 is 5.97 Å². The lowest BCUT2D eigenvalue weighted by Gasteiger charge is -2.37. The summed E-state index contributed by atoms with van der Waals surface area (Å²) in [5, 5.41) is 0.430. The van der Waals surface area contributed by atoms with Gasteiger partial charge in [0, 0.05) is 31.2 Å². The van der Waals surface area contributed by atoms with Gasteiger partial charge in [0.25, 0.3) is 0 Å². The Bertz CT molecular complexity index is 962. The van der Waals surface area contributed by atoms with Crippen molar-refractivity contribution in [1.82, 2.24) is 9.21 Å². The SMILES string of the molecule is COC(=O)C(c1ccccc1Cl)N1CCN(S(=O)(=O)c2ccccc2F)CC1. The van der Waals surface area contributed by atoms with E-state index in [4.69, 9.17) is 16.3 Å². The van der Waals surface area contributed by atoms with Crippen molar-refractivity contribution in [2.45, 2.75) is 10.9 Å². The molecule has 1 fully saturated rings. The van der Waals surface area contributed by atoms with Gasteiger partial charge in [0.05, 0.1) is 7.11 Å². The molecule has 3 rings (SSSR count). The molecule has 0 N–H and O–H groups in total. The van der Waals surface area contributed by atoms with E-state index < -0.39 is 27.9 Å². The highest BCUT2D eigenvalue weighted by Gasteiger charge is 2.36. The van der Waals surface area contributed by atoms with Crippen molar-refractivity contribution in [3.63, 3.8) is 0 Å². The number of carbonyl (C=O) groups excluding carboxylic acids is 1. The van der Waals surface area contributed by atoms with Crippen LogP contribution in [0.2, 0.25) is 5.02 Å². The highest BCUT2D eigenvalue weighted by Crippen LogP contribution is 2.30. The lowest BCUT2D eigenvalue weighted by atomic mass is 10.0. The summed E-state index contributed by atoms with van der Waals surface area (Å²) in [5.41, 5.74) is 0.599. The van der Waals surface area contributed by atoms with Crippen molar-refractivity contribution < 1.29 is 22.3 Å². The number of esters is 1. The van der Waals surface area contributed by atoms with E-state index in [0.29, 0.717) is 10.6 Å². The highest BCUT2D eigenvalue weighted by molar-refractivity contribution is 7.89. The number of benzene rings is 2. The Balaban J connectivity index is 1.81. The summed E-state index contributed by atoms with van der Waals surface area (Å²) in [5.74, 6) is -1.26. The number of ether oxygens (including phenoxy) is 1. The van der Waals surface area contributed by atoms with Crippen LogP contribution < -0.4 is 0 Å². The summed E-state index contributed by atoms with van der Waals surface area (Å²) < 4.78 is 45.6. The zero-order valence-corrected chi connectivity index (χ0v) is 16.8. The number of carbonyl (C=O) groups is 1. The van der Waals surface area contributed by atoms with E-state index in [1.54, 1.807) is 24.3 Å². The average Bonchev–Trinajstić information content (AvgIpc) is 2.70. The Hall–Kier alpha value is -2.00. The molecule has 0 spiro atoms. The molecular formula is C19H20ClFN2O4S. The van der Waals surface area contributed by atoms with Crippen LogP contribution in [0, 0.1) is 5.82 Å². The lowest BCUT2D eigenvalue weighted by molar-refractivity contribution is -0.147. The van der Waals surface area contributed by atoms with E-state index in [1.165, 1.54) is 29.6 Å². The first-order chi connectivity index (χ1) is 13.4. The average molecular weight is 427 g/mol. The zero-order valence-electron chi connectivity index (χ0n) is 15.2. The van der Waals surface area contributed by atoms with Crippen LogP contribution in [-0.2, 0) is 19.6 Å². The molecule has 1 saturated heterocycles. The number of sulfonamides is 1. The normalized spacial score (nSPS) is 17.2. The molecule has 28 heavy (non-hydrogen) atoms. The summed E-state index contributed by atoms with van der Waals surface area (Å²) in [6.07, 6.45) is 0. The molecule has 1 aliphatic heterocycles. The second-order valence-electron chi connectivity index (χ2n) is 6.32. The first-order valence-corrected chi connectivity index (χ1v) is 10.5. The van der Waals surface area contributed by atoms with Crippen molar-refractivity contribution in [2.24, 2.45) is 0 Å². The maximum absolute atomic E-state index is 14.0. The van der Waals surface area contributed by atoms with Crippen LogP contribution in [0.4, 0.5) is 4.39 Å². The molecule has 9 heteroatoms. The number of nitrogens with zero attached hydrogens (tertiary/aromatic N) is 2. The van der Waals surface area contributed by atoms with Crippen LogP contribution in [0.3, 0.4) is 0 Å². The molecule has 1 heterocycles. The second-order valence-corrected chi connectivity index (χ2v) is 8.63. The summed E-state index contributed by atoms with van der Waals surface area (Å²) >= 11 is 6.26. The number of hydrogen-bond acceptors (Lipinski definition) is 5. The van der Waals surface area contributed by atoms with E-state index in [1.807, 2.05) is 4.90 Å². The van der Waals surface area contributed by atoms with Gasteiger partial charge in [0.1, 0.15) is 16.8 Å². The van der Waals surface area contributed by atoms with E-state index in [2.05, 4.69) is 0 Å². The second kappa shape index (κ2) is 8.57. The van der Waals surface area contributed by atoms with Crippen molar-refractivity contribution in [2.75, 3.05) is 33.3 Å². The Labute approximate surface area is 168 Å². The fourth-order valence-electron chi connectivity index (χ4n) is 3.28. The molecule has 1 unspecified atom stereocenters. The molecule has 0 saturated carbocycles. The van der Waals surface area contributed by atoms with Gasteiger partial charge in [-0.2, -0.15) is 4.31 Å². The van der Waals surface area contributed by atoms with Gasteiger partial charge in [-0.05, 0) is 23.8 Å². The quantitative estimate of drug-likeness (QED) is 0.688. The van der Waals surface area contributed by atoms with E-state index >= 15 is 0 Å². The van der Waals surface area contributed by atoms with Gasteiger partial charge in [-0.15, -0.1) is 0 Å². The number of methoxy groups -OCH3 is 1. The molecule has 2 aromatic rings. The molecule has 6 nitrogen and oxygen atoms in total. The Morgan fingerprint density at radius 3 is 2.29 bits per heavy atom. The molecule has 0 radical (unpaired) electrons. The third-order valence-electron chi connectivity index (χ3n) is 4.72. The van der Waals surface area contributed by atoms with Gasteiger partial charge in [0.2, 0.25) is 10.0 Å². The van der Waals surface area contributed by atoms with Crippen LogP contribution in [-0.4, -0.2) is 56.9 Å². The molecule has 0 amide bonds. The monoisotopic (exact) mass is 426 g/mol. The molecule has 0 bridgehead atoms. The van der Waals surface area contributed by atoms with Crippen LogP contribution in [0.25, 0.3) is 0 Å². The highest BCUT2D eigenvalue weighted by atomic mass is 35.5. The topological polar surface area (TPSA) is 66.9 Å². The Morgan fingerprint density at radius 1 is 1.07 bits per heavy atom. The fourth-order valence-corrected chi connectivity index (χ4v) is 5.00. The van der Waals surface area contributed by atoms with Crippen LogP contribution >= 0.6 is 11.6 Å². The number of piperazine rings is 1. The van der Waals surface area contributed by atoms with Gasteiger partial charge in [-0.3, -0.25) is 4.90 Å². The Kier molecular flexibility index (Phi) is 6.34. The third kappa shape index (κ3) is 4.05. The predicted octanol–water partition coefficient (Wildman–Crippen LogP) is 2.70. The third-order valence-corrected chi connectivity index (χ3v) is 6.99. The van der Waals surface area contributed by atoms with Crippen LogP contribution in [0.5, 0.6) is 0 Å². The fraction of sp³-hybridized carbons (Fsp3) is 0.316. The minimum Gasteiger partial charge on any atom is -0.468 e. The van der Waals surface area contributed by atoms with Crippen molar-refractivity contribution >= 4 is 27.6 Å². The van der Waals surface area contributed by atoms with Gasteiger partial charge in [0.15, 0.2) is 0 Å². The van der Waals surface area contributed by atoms with Gasteiger partial charge in [-0.25, -0.2) is 17.6 Å². The first-order valence-electron chi connectivity index (χ1n) is 8.67. The number of rotatable bonds is 5. The summed E-state index contributed by atoms with van der Waals surface area (Å²) in [7, 11) is -2.65. The number of halogens is 2. The van der Waals surface area contributed by atoms with Gasteiger partial charge < -0.3 is 4.74 Å². The smallest absolute Gasteiger partial charge is 0.327 e. The molecule has 0 aromatic heterocycles. The summed E-state index contributed by atoms with van der Waals surface area (Å²) in [4.78, 5) is 13.9. The summed E-state index contributed by atoms with van der Waals surface area (Å²) in [6, 6.07) is 11.5. The standard InChI is InChI=1S/C19H20ClFN2O4S/c1-27-19(24)18(14-6-2-3-7-15(14)20)22-10-12-23(13-11-22)28(25,26)17-9-5-4-8-16(17)21/h2-9,18H,10-13H2,1H3. The van der Waals surface area contributed by atoms with Crippen molar-refractivity contribution in [1.29, 1.82) is 0 Å². The predicted molar refractivity (Wildman–Crippen MR) is 103 cm³/mol. The van der Waals surface area contributed by atoms with Crippen LogP contribution in [0.15, 0.2) is 53.4 Å². The maximum Gasteiger partial charge on any atom is 0.327 e. The molecule has 2 aromatic carbocycles. The number of hydrogen-bond donors (Lipinski definition) is 0. The zero-order chi connectivity index (χ0) is 20.3. The van der Waals surface area contributed by atoms with Crippen molar-refractivity contribution in [3.8, 4) is 0 Å². The molecule has 150 valence electrons. The van der Waals surface area contributed by atoms with Crippen LogP contribution in [0.1, 0.15) is 11.6 Å². The molecular weight excluding hydrogens is 407 g/mol. The van der Waals surface area contributed by atoms with E-state index in [-0.39, 0.29) is 31.1 Å². The largest absolute Gasteiger partial charge is 0.468 e. The minimum atomic E-state index is -3.95. The maximum atomic E-state index is 14.0. The molecule has 1 aliphatic rings. The van der Waals surface area contributed by atoms with E-state index in [0.717, 1.165) is 6.07 Å². The first kappa shape index (κ1) is 20.7. The lowest BCUT2D eigenvalue weighted by Crippen LogP contribution is -2.51. The Morgan fingerprint density at radius 2 is 1.68 bits per heavy atom. The minimum absolute atomic E-state index is 0.120. The molecule has 0 aliphatic carbocycles.